The molecule has 2 N–H and O–H groups in total. The Balaban J connectivity index is 0.00000144. The van der Waals surface area contributed by atoms with Crippen molar-refractivity contribution in [1.29, 1.82) is 0 Å². The summed E-state index contributed by atoms with van der Waals surface area (Å²) in [7, 11) is 1.88. The van der Waals surface area contributed by atoms with Gasteiger partial charge in [0.2, 0.25) is 5.91 Å². The van der Waals surface area contributed by atoms with Gasteiger partial charge in [-0.2, -0.15) is 0 Å². The number of fused-ring (bicyclic) bond motifs is 2. The van der Waals surface area contributed by atoms with Crippen LogP contribution in [0.5, 0.6) is 0 Å². The van der Waals surface area contributed by atoms with E-state index < -0.39 is 0 Å². The molecule has 1 amide bonds. The van der Waals surface area contributed by atoms with Crippen molar-refractivity contribution in [3.63, 3.8) is 0 Å². The van der Waals surface area contributed by atoms with E-state index in [-0.39, 0.29) is 24.4 Å². The van der Waals surface area contributed by atoms with Gasteiger partial charge >= 0.3 is 0 Å². The Kier molecular flexibility index (Phi) is 5.26. The van der Waals surface area contributed by atoms with Crippen molar-refractivity contribution in [2.24, 2.45) is 23.5 Å². The molecule has 2 rings (SSSR count). The summed E-state index contributed by atoms with van der Waals surface area (Å²) in [5.74, 6) is 2.73. The van der Waals surface area contributed by atoms with E-state index in [1.807, 2.05) is 18.9 Å². The zero-order chi connectivity index (χ0) is 11.7. The summed E-state index contributed by atoms with van der Waals surface area (Å²) in [6, 6.07) is 0.172. The van der Waals surface area contributed by atoms with E-state index in [1.165, 1.54) is 25.7 Å². The molecule has 0 radical (unpaired) electrons. The van der Waals surface area contributed by atoms with Crippen LogP contribution in [0.15, 0.2) is 0 Å². The van der Waals surface area contributed by atoms with Crippen molar-refractivity contribution in [2.75, 3.05) is 13.6 Å². The van der Waals surface area contributed by atoms with Crippen LogP contribution in [0.25, 0.3) is 0 Å². The van der Waals surface area contributed by atoms with Gasteiger partial charge in [0.05, 0.1) is 0 Å². The molecule has 0 heterocycles. The van der Waals surface area contributed by atoms with Crippen molar-refractivity contribution in [1.82, 2.24) is 4.90 Å². The molecule has 3 nitrogen and oxygen atoms in total. The smallest absolute Gasteiger partial charge is 0.222 e. The molecule has 0 aromatic heterocycles. The third-order valence-electron chi connectivity index (χ3n) is 4.72. The predicted octanol–water partition coefficient (Wildman–Crippen LogP) is 2.04. The fraction of sp³-hybridized carbons (Fsp3) is 0.923. The molecular weight excluding hydrogens is 236 g/mol. The monoisotopic (exact) mass is 260 g/mol. The maximum absolute atomic E-state index is 12.0. The van der Waals surface area contributed by atoms with Crippen LogP contribution in [0.1, 0.15) is 39.0 Å². The largest absolute Gasteiger partial charge is 0.342 e. The van der Waals surface area contributed by atoms with Crippen LogP contribution in [-0.2, 0) is 4.79 Å². The molecule has 0 saturated heterocycles. The number of hydrogen-bond acceptors (Lipinski definition) is 2. The molecule has 0 spiro atoms. The predicted molar refractivity (Wildman–Crippen MR) is 72.1 cm³/mol. The summed E-state index contributed by atoms with van der Waals surface area (Å²) in [5.41, 5.74) is 5.59. The number of halogens is 1. The Morgan fingerprint density at radius 3 is 2.59 bits per heavy atom. The van der Waals surface area contributed by atoms with Crippen molar-refractivity contribution in [3.8, 4) is 0 Å². The van der Waals surface area contributed by atoms with E-state index in [2.05, 4.69) is 0 Å². The first-order valence-corrected chi connectivity index (χ1v) is 6.57. The minimum atomic E-state index is 0. The number of carbonyl (C=O) groups is 1. The van der Waals surface area contributed by atoms with Gasteiger partial charge in [-0.05, 0) is 43.9 Å². The van der Waals surface area contributed by atoms with E-state index in [1.54, 1.807) is 0 Å². The summed E-state index contributed by atoms with van der Waals surface area (Å²) in [6.45, 7) is 2.57. The lowest BCUT2D eigenvalue weighted by Gasteiger charge is -2.27. The fourth-order valence-electron chi connectivity index (χ4n) is 3.40. The molecule has 4 unspecified atom stereocenters. The van der Waals surface area contributed by atoms with Crippen LogP contribution in [0.4, 0.5) is 0 Å². The number of nitrogens with zero attached hydrogens (tertiary/aromatic N) is 1. The highest BCUT2D eigenvalue weighted by Gasteiger charge is 2.40. The highest BCUT2D eigenvalue weighted by molar-refractivity contribution is 5.85. The lowest BCUT2D eigenvalue weighted by molar-refractivity contribution is -0.132. The third-order valence-corrected chi connectivity index (χ3v) is 4.72. The Bertz CT molecular complexity index is 272. The number of likely N-dealkylation sites (N-methyl/N-ethyl adjacent to an activating group) is 1. The molecule has 0 aromatic rings. The number of amides is 1. The normalized spacial score (nSPS) is 32.1. The maximum Gasteiger partial charge on any atom is 0.222 e. The van der Waals surface area contributed by atoms with Gasteiger partial charge in [0, 0.05) is 26.1 Å². The summed E-state index contributed by atoms with van der Waals surface area (Å²) >= 11 is 0. The molecule has 2 aliphatic carbocycles. The summed E-state index contributed by atoms with van der Waals surface area (Å²) in [4.78, 5) is 13.9. The Morgan fingerprint density at radius 1 is 1.41 bits per heavy atom. The van der Waals surface area contributed by atoms with Gasteiger partial charge in [-0.15, -0.1) is 12.4 Å². The quantitative estimate of drug-likeness (QED) is 0.841. The minimum Gasteiger partial charge on any atom is -0.342 e. The first-order valence-electron chi connectivity index (χ1n) is 6.57. The average molecular weight is 261 g/mol. The molecule has 4 atom stereocenters. The van der Waals surface area contributed by atoms with E-state index >= 15 is 0 Å². The van der Waals surface area contributed by atoms with Crippen molar-refractivity contribution >= 4 is 18.3 Å². The summed E-state index contributed by atoms with van der Waals surface area (Å²) < 4.78 is 0. The average Bonchev–Trinajstić information content (AvgIpc) is 2.88. The Hall–Kier alpha value is -0.280. The van der Waals surface area contributed by atoms with Gasteiger partial charge in [-0.1, -0.05) is 6.42 Å². The standard InChI is InChI=1S/C13H24N2O.ClH/c1-9(8-14)15(2)13(16)7-12-6-10-3-4-11(12)5-10;/h9-12H,3-8,14H2,1-2H3;1H. The van der Waals surface area contributed by atoms with Crippen LogP contribution >= 0.6 is 12.4 Å². The summed E-state index contributed by atoms with van der Waals surface area (Å²) in [6.07, 6.45) is 6.19. The maximum atomic E-state index is 12.0. The highest BCUT2D eigenvalue weighted by Crippen LogP contribution is 2.49. The van der Waals surface area contributed by atoms with E-state index in [4.69, 9.17) is 5.73 Å². The van der Waals surface area contributed by atoms with Crippen LogP contribution in [0, 0.1) is 17.8 Å². The van der Waals surface area contributed by atoms with Gasteiger partial charge < -0.3 is 10.6 Å². The molecule has 4 heteroatoms. The summed E-state index contributed by atoms with van der Waals surface area (Å²) in [5, 5.41) is 0. The second-order valence-electron chi connectivity index (χ2n) is 5.73. The van der Waals surface area contributed by atoms with Crippen molar-refractivity contribution < 1.29 is 4.79 Å². The minimum absolute atomic E-state index is 0. The number of rotatable bonds is 4. The van der Waals surface area contributed by atoms with Gasteiger partial charge in [-0.3, -0.25) is 4.79 Å². The van der Waals surface area contributed by atoms with Crippen LogP contribution in [0.3, 0.4) is 0 Å². The molecule has 2 fully saturated rings. The fourth-order valence-corrected chi connectivity index (χ4v) is 3.40. The van der Waals surface area contributed by atoms with Gasteiger partial charge in [-0.25, -0.2) is 0 Å². The third kappa shape index (κ3) is 3.14. The second kappa shape index (κ2) is 6.05. The zero-order valence-corrected chi connectivity index (χ0v) is 11.7. The first kappa shape index (κ1) is 14.8. The lowest BCUT2D eigenvalue weighted by atomic mass is 9.86. The van der Waals surface area contributed by atoms with Gasteiger partial charge in [0.15, 0.2) is 0 Å². The zero-order valence-electron chi connectivity index (χ0n) is 10.9. The molecule has 100 valence electrons. The molecule has 2 saturated carbocycles. The molecule has 0 aromatic carbocycles. The first-order chi connectivity index (χ1) is 7.61. The molecule has 2 aliphatic rings. The van der Waals surface area contributed by atoms with Crippen molar-refractivity contribution in [3.05, 3.63) is 0 Å². The lowest BCUT2D eigenvalue weighted by Crippen LogP contribution is -2.40. The van der Waals surface area contributed by atoms with E-state index in [0.717, 1.165) is 18.3 Å². The van der Waals surface area contributed by atoms with Crippen LogP contribution < -0.4 is 5.73 Å². The Morgan fingerprint density at radius 2 is 2.12 bits per heavy atom. The topological polar surface area (TPSA) is 46.3 Å². The van der Waals surface area contributed by atoms with E-state index in [9.17, 15) is 4.79 Å². The van der Waals surface area contributed by atoms with Gasteiger partial charge in [0.1, 0.15) is 0 Å². The molecular formula is C13H25ClN2O. The SMILES string of the molecule is CC(CN)N(C)C(=O)CC1CC2CCC1C2.Cl. The van der Waals surface area contributed by atoms with E-state index in [0.29, 0.717) is 12.5 Å². The number of carbonyl (C=O) groups excluding carboxylic acids is 1. The Labute approximate surface area is 111 Å². The van der Waals surface area contributed by atoms with Crippen LogP contribution in [0.2, 0.25) is 0 Å². The second-order valence-corrected chi connectivity index (χ2v) is 5.73. The van der Waals surface area contributed by atoms with Gasteiger partial charge in [0.25, 0.3) is 0 Å². The molecule has 0 aliphatic heterocycles. The molecule has 2 bridgehead atoms. The van der Waals surface area contributed by atoms with Crippen molar-refractivity contribution in [2.45, 2.75) is 45.1 Å². The van der Waals surface area contributed by atoms with Crippen LogP contribution in [-0.4, -0.2) is 30.4 Å². The number of hydrogen-bond donors (Lipinski definition) is 1. The number of nitrogens with two attached hydrogens (primary N) is 1. The molecule has 17 heavy (non-hydrogen) atoms. The highest BCUT2D eigenvalue weighted by atomic mass is 35.5.